The Morgan fingerprint density at radius 3 is 2.47 bits per heavy atom. The van der Waals surface area contributed by atoms with Crippen molar-refractivity contribution in [1.29, 1.82) is 0 Å². The predicted molar refractivity (Wildman–Crippen MR) is 173 cm³/mol. The van der Waals surface area contributed by atoms with E-state index in [1.54, 1.807) is 24.3 Å². The molecular formula is C36H36ClN3O5. The van der Waals surface area contributed by atoms with Crippen molar-refractivity contribution in [3.05, 3.63) is 116 Å². The third kappa shape index (κ3) is 6.96. The molecule has 2 aliphatic heterocycles. The second-order valence-corrected chi connectivity index (χ2v) is 12.5. The number of likely N-dealkylation sites (tertiary alicyclic amines) is 2. The quantitative estimate of drug-likeness (QED) is 0.274. The van der Waals surface area contributed by atoms with E-state index in [1.165, 1.54) is 11.6 Å². The van der Waals surface area contributed by atoms with Crippen molar-refractivity contribution in [2.75, 3.05) is 19.6 Å². The van der Waals surface area contributed by atoms with Gasteiger partial charge in [0.1, 0.15) is 11.6 Å². The molecule has 0 unspecified atom stereocenters. The summed E-state index contributed by atoms with van der Waals surface area (Å²) in [5, 5.41) is 3.84. The maximum Gasteiger partial charge on any atom is 0.287 e. The number of benzene rings is 3. The van der Waals surface area contributed by atoms with Gasteiger partial charge in [0.15, 0.2) is 11.2 Å². The molecule has 0 radical (unpaired) electrons. The normalized spacial score (nSPS) is 16.3. The molecule has 3 heterocycles. The van der Waals surface area contributed by atoms with Crippen LogP contribution in [0.3, 0.4) is 0 Å². The van der Waals surface area contributed by atoms with Crippen molar-refractivity contribution >= 4 is 40.3 Å². The zero-order chi connectivity index (χ0) is 31.5. The van der Waals surface area contributed by atoms with Crippen molar-refractivity contribution in [1.82, 2.24) is 15.1 Å². The lowest BCUT2D eigenvalue weighted by atomic mass is 9.86. The van der Waals surface area contributed by atoms with E-state index in [0.29, 0.717) is 42.0 Å². The van der Waals surface area contributed by atoms with Crippen molar-refractivity contribution in [3.63, 3.8) is 0 Å². The van der Waals surface area contributed by atoms with E-state index in [0.717, 1.165) is 42.5 Å². The summed E-state index contributed by atoms with van der Waals surface area (Å²) in [6.45, 7) is 4.37. The molecule has 6 rings (SSSR count). The highest BCUT2D eigenvalue weighted by Gasteiger charge is 2.32. The van der Waals surface area contributed by atoms with E-state index in [-0.39, 0.29) is 35.3 Å². The Balaban J connectivity index is 1.18. The fraction of sp³-hybridized carbons (Fsp3) is 0.333. The van der Waals surface area contributed by atoms with Crippen LogP contribution in [0.15, 0.2) is 82.0 Å². The Labute approximate surface area is 267 Å². The lowest BCUT2D eigenvalue weighted by Crippen LogP contribution is -2.51. The monoisotopic (exact) mass is 625 g/mol. The number of hydrogen-bond donors (Lipinski definition) is 1. The van der Waals surface area contributed by atoms with E-state index in [1.807, 2.05) is 47.1 Å². The van der Waals surface area contributed by atoms with Gasteiger partial charge in [-0.3, -0.25) is 19.2 Å². The first-order chi connectivity index (χ1) is 21.7. The number of carbonyl (C=O) groups is 3. The number of hydrogen-bond acceptors (Lipinski definition) is 5. The number of nitrogens with one attached hydrogen (secondary N) is 1. The summed E-state index contributed by atoms with van der Waals surface area (Å²) >= 11 is 6.09. The van der Waals surface area contributed by atoms with Gasteiger partial charge in [0.05, 0.1) is 5.39 Å². The van der Waals surface area contributed by atoms with E-state index in [2.05, 4.69) is 17.4 Å². The van der Waals surface area contributed by atoms with Crippen LogP contribution in [0.1, 0.15) is 64.4 Å². The highest BCUT2D eigenvalue weighted by molar-refractivity contribution is 6.30. The molecule has 1 aromatic heterocycles. The largest absolute Gasteiger partial charge is 0.451 e. The fourth-order valence-electron chi connectivity index (χ4n) is 6.45. The van der Waals surface area contributed by atoms with Crippen molar-refractivity contribution < 1.29 is 18.8 Å². The SMILES string of the molecule is Cc1ccc2oc(C(=O)N[C@@H](Cc3ccc(Cl)cc3)C(=O)N3CCC(c4ccccc4CN4CCCC4=O)CC3)cc(=O)c2c1. The highest BCUT2D eigenvalue weighted by atomic mass is 35.5. The van der Waals surface area contributed by atoms with Gasteiger partial charge in [0.25, 0.3) is 5.91 Å². The van der Waals surface area contributed by atoms with Crippen LogP contribution in [0.4, 0.5) is 0 Å². The van der Waals surface area contributed by atoms with Crippen LogP contribution < -0.4 is 10.7 Å². The van der Waals surface area contributed by atoms with Crippen molar-refractivity contribution in [2.45, 2.75) is 57.5 Å². The van der Waals surface area contributed by atoms with Crippen LogP contribution >= 0.6 is 11.6 Å². The van der Waals surface area contributed by atoms with Crippen LogP contribution in [-0.2, 0) is 22.6 Å². The molecular weight excluding hydrogens is 590 g/mol. The molecule has 0 bridgehead atoms. The molecule has 0 saturated carbocycles. The van der Waals surface area contributed by atoms with E-state index < -0.39 is 11.9 Å². The molecule has 2 fully saturated rings. The van der Waals surface area contributed by atoms with Gasteiger partial charge in [0, 0.05) is 50.1 Å². The van der Waals surface area contributed by atoms with Crippen LogP contribution in [0.5, 0.6) is 0 Å². The van der Waals surface area contributed by atoms with Crippen LogP contribution in [-0.4, -0.2) is 53.2 Å². The zero-order valence-corrected chi connectivity index (χ0v) is 26.0. The van der Waals surface area contributed by atoms with Crippen LogP contribution in [0.2, 0.25) is 5.02 Å². The van der Waals surface area contributed by atoms with Gasteiger partial charge in [-0.05, 0) is 73.1 Å². The summed E-state index contributed by atoms with van der Waals surface area (Å²) in [5.74, 6) is -0.481. The van der Waals surface area contributed by atoms with Gasteiger partial charge in [-0.1, -0.05) is 59.6 Å². The van der Waals surface area contributed by atoms with Gasteiger partial charge in [-0.25, -0.2) is 0 Å². The summed E-state index contributed by atoms with van der Waals surface area (Å²) in [6.07, 6.45) is 3.32. The number of fused-ring (bicyclic) bond motifs is 1. The van der Waals surface area contributed by atoms with E-state index in [9.17, 15) is 19.2 Å². The van der Waals surface area contributed by atoms with Gasteiger partial charge in [0.2, 0.25) is 11.8 Å². The minimum absolute atomic E-state index is 0.142. The fourth-order valence-corrected chi connectivity index (χ4v) is 6.58. The molecule has 8 nitrogen and oxygen atoms in total. The maximum absolute atomic E-state index is 14.0. The first-order valence-electron chi connectivity index (χ1n) is 15.5. The van der Waals surface area contributed by atoms with Crippen LogP contribution in [0.25, 0.3) is 11.0 Å². The lowest BCUT2D eigenvalue weighted by Gasteiger charge is -2.35. The number of halogens is 1. The third-order valence-corrected chi connectivity index (χ3v) is 9.15. The zero-order valence-electron chi connectivity index (χ0n) is 25.3. The summed E-state index contributed by atoms with van der Waals surface area (Å²) in [7, 11) is 0. The summed E-state index contributed by atoms with van der Waals surface area (Å²) in [5.41, 5.74) is 4.15. The molecule has 3 aromatic carbocycles. The molecule has 4 aromatic rings. The van der Waals surface area contributed by atoms with E-state index >= 15 is 0 Å². The standard InChI is InChI=1S/C36H36ClN3O5/c1-23-8-13-32-29(19-23)31(41)21-33(45-32)35(43)38-30(20-24-9-11-27(37)12-10-24)36(44)39-17-14-25(15-18-39)28-6-3-2-5-26(28)22-40-16-4-7-34(40)42/h2-3,5-6,8-13,19,21,25,30H,4,7,14-18,20,22H2,1H3,(H,38,43)/t30-/m0/s1. The number of nitrogens with zero attached hydrogens (tertiary/aromatic N) is 2. The predicted octanol–water partition coefficient (Wildman–Crippen LogP) is 5.62. The highest BCUT2D eigenvalue weighted by Crippen LogP contribution is 2.32. The number of carbonyl (C=O) groups excluding carboxylic acids is 3. The summed E-state index contributed by atoms with van der Waals surface area (Å²) in [6, 6.07) is 21.0. The van der Waals surface area contributed by atoms with Crippen molar-refractivity contribution in [3.8, 4) is 0 Å². The molecule has 0 spiro atoms. The Bertz CT molecular complexity index is 1790. The third-order valence-electron chi connectivity index (χ3n) is 8.90. The van der Waals surface area contributed by atoms with Crippen LogP contribution in [0, 0.1) is 6.92 Å². The number of piperidine rings is 1. The first kappa shape index (κ1) is 30.6. The van der Waals surface area contributed by atoms with Gasteiger partial charge < -0.3 is 19.5 Å². The molecule has 1 atom stereocenters. The maximum atomic E-state index is 14.0. The number of rotatable bonds is 8. The first-order valence-corrected chi connectivity index (χ1v) is 15.9. The average Bonchev–Trinajstić information content (AvgIpc) is 3.45. The van der Waals surface area contributed by atoms with E-state index in [4.69, 9.17) is 16.0 Å². The molecule has 9 heteroatoms. The molecule has 3 amide bonds. The van der Waals surface area contributed by atoms with Gasteiger partial charge in [-0.15, -0.1) is 0 Å². The Morgan fingerprint density at radius 2 is 1.73 bits per heavy atom. The molecule has 0 aliphatic carbocycles. The van der Waals surface area contributed by atoms with Crippen molar-refractivity contribution in [2.24, 2.45) is 0 Å². The molecule has 2 saturated heterocycles. The Kier molecular flexibility index (Phi) is 9.03. The molecule has 232 valence electrons. The molecule has 2 aliphatic rings. The van der Waals surface area contributed by atoms with Gasteiger partial charge in [-0.2, -0.15) is 0 Å². The second-order valence-electron chi connectivity index (χ2n) is 12.0. The molecule has 1 N–H and O–H groups in total. The minimum atomic E-state index is -0.872. The Morgan fingerprint density at radius 1 is 0.978 bits per heavy atom. The second kappa shape index (κ2) is 13.3. The minimum Gasteiger partial charge on any atom is -0.451 e. The van der Waals surface area contributed by atoms with Gasteiger partial charge >= 0.3 is 0 Å². The number of aryl methyl sites for hydroxylation is 1. The molecule has 45 heavy (non-hydrogen) atoms. The smallest absolute Gasteiger partial charge is 0.287 e. The number of amides is 3. The topological polar surface area (TPSA) is 99.9 Å². The Hall–Kier alpha value is -4.43. The lowest BCUT2D eigenvalue weighted by molar-refractivity contribution is -0.134. The summed E-state index contributed by atoms with van der Waals surface area (Å²) < 4.78 is 5.80. The summed E-state index contributed by atoms with van der Waals surface area (Å²) in [4.78, 5) is 56.2. The average molecular weight is 626 g/mol.